The summed E-state index contributed by atoms with van der Waals surface area (Å²) in [5, 5.41) is 227. The maximum absolute atomic E-state index is 11.3. The number of ketones is 1. The fourth-order valence-corrected chi connectivity index (χ4v) is 9.76. The van der Waals surface area contributed by atoms with Crippen molar-refractivity contribution in [2.24, 2.45) is 5.92 Å². The second kappa shape index (κ2) is 49.3. The second-order valence-electron chi connectivity index (χ2n) is 22.4. The van der Waals surface area contributed by atoms with Crippen LogP contribution in [0.3, 0.4) is 0 Å². The Balaban J connectivity index is 0.00000121. The van der Waals surface area contributed by atoms with Gasteiger partial charge in [-0.15, -0.1) is 0 Å². The van der Waals surface area contributed by atoms with Crippen LogP contribution in [0.25, 0.3) is 29.1 Å². The van der Waals surface area contributed by atoms with Gasteiger partial charge in [0.2, 0.25) is 5.78 Å². The SMILES string of the molecule is [99Tc+6].[C-]#[N+]CC(=O)CC1C(O)OC(CC)C(O)C1O.[C-]#[N+]CC(=O)NC1C(O)OC(CO)C(O)C1O.[C-]#[N+]CC(=O)NC1C(O)OC(CO)C(O)C1O.[C-]#[N+]CC(=O)NC1C(O)OC(CO)C(O)C1O.[C-]#[N+]CC(=O)NC1C(O)OC(CO)C(O)C1O.[C-]#[N+]CC(=O)NC1C(O)OC(CO)C(O)C1O. The molecule has 6 heterocycles. The van der Waals surface area contributed by atoms with Crippen LogP contribution in [0.5, 0.6) is 0 Å². The maximum Gasteiger partial charge on any atom is 6.00 e. The number of ether oxygens (including phenoxy) is 6. The molecule has 6 aliphatic heterocycles. The zero-order valence-electron chi connectivity index (χ0n) is 54.3. The Hall–Kier alpha value is -6.55. The van der Waals surface area contributed by atoms with Gasteiger partial charge < -0.3 is 202 Å². The van der Waals surface area contributed by atoms with Crippen LogP contribution in [0.4, 0.5) is 0 Å². The standard InChI is InChI=1S/C11H17NO5.5C9H14N2O6.Tc/c1-3-8-10(15)9(14)7(11(16)17-8)4-6(13)5-12-2;5*1-10-2-5(13)11-6-8(15)7(14)4(3-12)17-9(6)16;/h7-11,14-16H,3-5H2,1H3;5*4,6-9,12,14-16H,2-3H2,(H,11,13);/q;;;;;;+6/i;;;;;;1+1. The topological polar surface area (TPSA) is 709 Å². The summed E-state index contributed by atoms with van der Waals surface area (Å²) in [6, 6.07) is -6.17. The second-order valence-corrected chi connectivity index (χ2v) is 22.4. The van der Waals surface area contributed by atoms with E-state index >= 15 is 0 Å². The predicted octanol–water partition coefficient (Wildman–Crippen LogP) is -16.6. The van der Waals surface area contributed by atoms with Gasteiger partial charge in [-0.2, -0.15) is 0 Å². The molecule has 1 radical (unpaired) electrons. The van der Waals surface area contributed by atoms with Crippen LogP contribution in [0, 0.1) is 45.4 Å². The Morgan fingerprint density at radius 3 is 0.650 bits per heavy atom. The molecule has 30 atom stereocenters. The number of hydrogen-bond acceptors (Lipinski definition) is 35. The van der Waals surface area contributed by atoms with E-state index in [0.717, 1.165) is 0 Å². The van der Waals surface area contributed by atoms with Gasteiger partial charge in [-0.25, -0.2) is 39.4 Å². The maximum atomic E-state index is 11.3. The molecule has 6 aliphatic rings. The van der Waals surface area contributed by atoms with Crippen LogP contribution >= 0.6 is 0 Å². The number of rotatable bonds is 19. The summed E-state index contributed by atoms with van der Waals surface area (Å²) in [7, 11) is 0. The van der Waals surface area contributed by atoms with Crippen molar-refractivity contribution in [3.8, 4) is 0 Å². The third kappa shape index (κ3) is 29.7. The molecule has 577 valence electrons. The summed E-state index contributed by atoms with van der Waals surface area (Å²) in [4.78, 5) is 84.0. The summed E-state index contributed by atoms with van der Waals surface area (Å²) in [5.41, 5.74) is 0. The van der Waals surface area contributed by atoms with Gasteiger partial charge in [0, 0.05) is 12.3 Å². The molecule has 0 saturated carbocycles. The van der Waals surface area contributed by atoms with E-state index in [1.165, 1.54) is 0 Å². The van der Waals surface area contributed by atoms with Gasteiger partial charge in [0.1, 0.15) is 128 Å². The molecular formula is C56H87N11O35Tc+6. The first-order valence-electron chi connectivity index (χ1n) is 30.3. The zero-order valence-corrected chi connectivity index (χ0v) is 56.1. The van der Waals surface area contributed by atoms with Crippen molar-refractivity contribution < 1.29 is 195 Å². The minimum atomic E-state index is -1.56. The quantitative estimate of drug-likeness (QED) is 0.0534. The van der Waals surface area contributed by atoms with E-state index in [1.54, 1.807) is 6.92 Å². The number of nitrogens with zero attached hydrogens (tertiary/aromatic N) is 6. The summed E-state index contributed by atoms with van der Waals surface area (Å²) < 4.78 is 29.2. The number of nitrogens with one attached hydrogen (secondary N) is 5. The Bertz CT molecular complexity index is 2390. The summed E-state index contributed by atoms with van der Waals surface area (Å²) in [6.07, 6.45) is -31.9. The summed E-state index contributed by atoms with van der Waals surface area (Å²) in [6.45, 7) is 35.3. The van der Waals surface area contributed by atoms with Gasteiger partial charge in [0.05, 0.1) is 45.2 Å². The number of carbonyl (C=O) groups is 6. The first kappa shape index (κ1) is 96.4. The van der Waals surface area contributed by atoms with Crippen LogP contribution in [-0.4, -0.2) is 403 Å². The van der Waals surface area contributed by atoms with Gasteiger partial charge in [-0.3, -0.25) is 28.8 Å². The molecule has 103 heavy (non-hydrogen) atoms. The van der Waals surface area contributed by atoms with Gasteiger partial charge >= 0.3 is 49.6 Å². The number of hydrogen-bond donors (Lipinski definition) is 28. The Kier molecular flexibility index (Phi) is 46.1. The Labute approximate surface area is 599 Å². The van der Waals surface area contributed by atoms with Gasteiger partial charge in [-0.1, -0.05) is 6.92 Å². The molecule has 0 bridgehead atoms. The van der Waals surface area contributed by atoms with Crippen LogP contribution in [0.2, 0.25) is 0 Å². The van der Waals surface area contributed by atoms with E-state index in [-0.39, 0.29) is 38.9 Å². The van der Waals surface area contributed by atoms with Crippen molar-refractivity contribution in [3.63, 3.8) is 0 Å². The minimum Gasteiger partial charge on any atom is -0.394 e. The Morgan fingerprint density at radius 1 is 0.291 bits per heavy atom. The van der Waals surface area contributed by atoms with E-state index in [4.69, 9.17) is 93.4 Å². The third-order valence-electron chi connectivity index (χ3n) is 15.2. The van der Waals surface area contributed by atoms with Crippen LogP contribution in [-0.2, 0) is 77.3 Å². The normalized spacial score (nSPS) is 36.9. The fourth-order valence-electron chi connectivity index (χ4n) is 9.76. The molecule has 6 fully saturated rings. The minimum absolute atomic E-state index is 0. The van der Waals surface area contributed by atoms with E-state index < -0.39 is 279 Å². The third-order valence-corrected chi connectivity index (χ3v) is 15.2. The van der Waals surface area contributed by atoms with E-state index in [1.807, 2.05) is 0 Å². The van der Waals surface area contributed by atoms with Crippen LogP contribution in [0.1, 0.15) is 19.8 Å². The first-order valence-corrected chi connectivity index (χ1v) is 30.3. The molecule has 0 aromatic rings. The van der Waals surface area contributed by atoms with E-state index in [0.29, 0.717) is 6.42 Å². The van der Waals surface area contributed by atoms with Gasteiger partial charge in [0.15, 0.2) is 37.7 Å². The monoisotopic (exact) mass is 1570 g/mol. The van der Waals surface area contributed by atoms with Crippen molar-refractivity contribution in [1.82, 2.24) is 26.6 Å². The van der Waals surface area contributed by atoms with Crippen molar-refractivity contribution in [3.05, 3.63) is 68.5 Å². The number of carbonyl (C=O) groups excluding carboxylic acids is 6. The van der Waals surface area contributed by atoms with Crippen molar-refractivity contribution in [2.75, 3.05) is 72.3 Å². The molecule has 6 saturated heterocycles. The molecule has 5 amide bonds. The molecule has 30 unspecified atom stereocenters. The molecule has 0 aliphatic carbocycles. The molecule has 0 aromatic heterocycles. The van der Waals surface area contributed by atoms with Crippen molar-refractivity contribution >= 4 is 35.3 Å². The smallest absolute Gasteiger partial charge is 0.394 e. The summed E-state index contributed by atoms with van der Waals surface area (Å²) in [5.74, 6) is -4.72. The number of amides is 5. The average Bonchev–Trinajstić information content (AvgIpc) is 0.863. The molecule has 0 spiro atoms. The first-order chi connectivity index (χ1) is 48.0. The average molecular weight is 1570 g/mol. The molecule has 6 rings (SSSR count). The van der Waals surface area contributed by atoms with Crippen molar-refractivity contribution in [2.45, 2.75) is 198 Å². The summed E-state index contributed by atoms with van der Waals surface area (Å²) >= 11 is 0. The van der Waals surface area contributed by atoms with E-state index in [9.17, 15) is 121 Å². The Morgan fingerprint density at radius 2 is 0.476 bits per heavy atom. The van der Waals surface area contributed by atoms with E-state index in [2.05, 4.69) is 55.7 Å². The number of aliphatic hydroxyl groups is 23. The molecule has 0 aromatic carbocycles. The van der Waals surface area contributed by atoms with Crippen molar-refractivity contribution in [1.29, 1.82) is 0 Å². The van der Waals surface area contributed by atoms with Gasteiger partial charge in [-0.05, 0) is 6.42 Å². The fraction of sp³-hybridized carbons (Fsp3) is 0.786. The van der Waals surface area contributed by atoms with Crippen LogP contribution in [0.15, 0.2) is 0 Å². The molecule has 46 nitrogen and oxygen atoms in total. The van der Waals surface area contributed by atoms with Crippen LogP contribution < -0.4 is 26.6 Å². The predicted molar refractivity (Wildman–Crippen MR) is 325 cm³/mol. The molecular weight excluding hydrogens is 1490 g/mol. The number of aliphatic hydroxyl groups excluding tert-OH is 23. The number of Topliss-reactive ketones (excluding diaryl/α,β-unsaturated/α-hetero) is 1. The molecule has 28 N–H and O–H groups in total. The largest absolute Gasteiger partial charge is 6.00 e. The van der Waals surface area contributed by atoms with Gasteiger partial charge in [0.25, 0.3) is 39.3 Å². The molecule has 47 heteroatoms. The zero-order chi connectivity index (χ0) is 78.0.